The fourth-order valence-electron chi connectivity index (χ4n) is 5.01. The van der Waals surface area contributed by atoms with Crippen molar-refractivity contribution in [3.8, 4) is 40.1 Å². The molecule has 2 amide bonds. The largest absolute Gasteiger partial charge is 0.496 e. The number of carbonyl (C=O) groups excluding carboxylic acids is 2. The van der Waals surface area contributed by atoms with Crippen LogP contribution in [0.3, 0.4) is 0 Å². The maximum Gasteiger partial charge on any atom is 0.255 e. The third-order valence-electron chi connectivity index (χ3n) is 7.31. The quantitative estimate of drug-likeness (QED) is 0.158. The first kappa shape index (κ1) is 30.7. The van der Waals surface area contributed by atoms with Gasteiger partial charge in [-0.25, -0.2) is 4.98 Å². The summed E-state index contributed by atoms with van der Waals surface area (Å²) in [5.41, 5.74) is 5.16. The number of anilines is 2. The van der Waals surface area contributed by atoms with Crippen molar-refractivity contribution in [3.63, 3.8) is 0 Å². The van der Waals surface area contributed by atoms with E-state index < -0.39 is 0 Å². The number of aromatic nitrogens is 2. The maximum absolute atomic E-state index is 13.1. The van der Waals surface area contributed by atoms with Crippen LogP contribution < -0.4 is 34.3 Å². The molecule has 0 atom stereocenters. The summed E-state index contributed by atoms with van der Waals surface area (Å²) in [6, 6.07) is 19.3. The third kappa shape index (κ3) is 6.32. The molecular formula is C34H34N4O7. The van der Waals surface area contributed by atoms with Gasteiger partial charge in [0.25, 0.3) is 11.8 Å². The van der Waals surface area contributed by atoms with Gasteiger partial charge in [0.05, 0.1) is 46.6 Å². The third-order valence-corrected chi connectivity index (χ3v) is 7.31. The van der Waals surface area contributed by atoms with Gasteiger partial charge in [0, 0.05) is 33.6 Å². The Labute approximate surface area is 260 Å². The average Bonchev–Trinajstić information content (AvgIpc) is 3.50. The molecule has 0 aliphatic carbocycles. The Balaban J connectivity index is 1.31. The van der Waals surface area contributed by atoms with E-state index in [0.717, 1.165) is 16.6 Å². The summed E-state index contributed by atoms with van der Waals surface area (Å²) < 4.78 is 27.0. The standard InChI is InChI=1S/C34H34N4O7/c1-7-24-27(41-2)14-20(15-28(24)42-3)34(40)36-23-12-13-25-26(18-23)38-32(37-25)19-8-10-22(11-9-19)35-33(39)21-16-29(43-4)31(45-6)30(17-21)44-5/h8-18H,7H2,1-6H3,(H,35,39)(H,36,40)(H,37,38). The molecular weight excluding hydrogens is 576 g/mol. The molecule has 0 radical (unpaired) electrons. The van der Waals surface area contributed by atoms with Crippen LogP contribution in [0.1, 0.15) is 33.2 Å². The van der Waals surface area contributed by atoms with E-state index in [1.54, 1.807) is 62.8 Å². The lowest BCUT2D eigenvalue weighted by Gasteiger charge is -2.14. The number of rotatable bonds is 11. The molecule has 0 aliphatic rings. The van der Waals surface area contributed by atoms with Gasteiger partial charge in [-0.3, -0.25) is 9.59 Å². The van der Waals surface area contributed by atoms with E-state index in [1.165, 1.54) is 21.3 Å². The lowest BCUT2D eigenvalue weighted by Crippen LogP contribution is -2.13. The summed E-state index contributed by atoms with van der Waals surface area (Å²) in [5.74, 6) is 2.38. The van der Waals surface area contributed by atoms with Gasteiger partial charge >= 0.3 is 0 Å². The monoisotopic (exact) mass is 610 g/mol. The van der Waals surface area contributed by atoms with Crippen LogP contribution in [0.2, 0.25) is 0 Å². The first-order valence-electron chi connectivity index (χ1n) is 14.1. The topological polar surface area (TPSA) is 133 Å². The van der Waals surface area contributed by atoms with Crippen molar-refractivity contribution in [2.45, 2.75) is 13.3 Å². The van der Waals surface area contributed by atoms with Gasteiger partial charge in [0.1, 0.15) is 17.3 Å². The van der Waals surface area contributed by atoms with Gasteiger partial charge in [-0.2, -0.15) is 0 Å². The van der Waals surface area contributed by atoms with Crippen molar-refractivity contribution < 1.29 is 33.3 Å². The predicted octanol–water partition coefficient (Wildman–Crippen LogP) is 6.34. The van der Waals surface area contributed by atoms with E-state index in [9.17, 15) is 9.59 Å². The normalized spacial score (nSPS) is 10.7. The second-order valence-corrected chi connectivity index (χ2v) is 9.93. The minimum Gasteiger partial charge on any atom is -0.496 e. The Kier molecular flexibility index (Phi) is 9.08. The number of methoxy groups -OCH3 is 5. The lowest BCUT2D eigenvalue weighted by atomic mass is 10.1. The number of carbonyl (C=O) groups is 2. The molecule has 0 saturated carbocycles. The minimum atomic E-state index is -0.335. The molecule has 4 aromatic carbocycles. The predicted molar refractivity (Wildman–Crippen MR) is 172 cm³/mol. The number of amides is 2. The second-order valence-electron chi connectivity index (χ2n) is 9.93. The van der Waals surface area contributed by atoms with E-state index in [0.29, 0.717) is 69.0 Å². The van der Waals surface area contributed by atoms with Crippen molar-refractivity contribution >= 4 is 34.2 Å². The Bertz CT molecular complexity index is 1820. The maximum atomic E-state index is 13.1. The highest BCUT2D eigenvalue weighted by molar-refractivity contribution is 6.06. The van der Waals surface area contributed by atoms with Crippen LogP contribution in [0.25, 0.3) is 22.4 Å². The first-order valence-corrected chi connectivity index (χ1v) is 14.1. The Morgan fingerprint density at radius 1 is 0.667 bits per heavy atom. The molecule has 3 N–H and O–H groups in total. The Morgan fingerprint density at radius 2 is 1.18 bits per heavy atom. The van der Waals surface area contributed by atoms with Gasteiger partial charge in [0.2, 0.25) is 5.75 Å². The van der Waals surface area contributed by atoms with Crippen LogP contribution in [0, 0.1) is 0 Å². The van der Waals surface area contributed by atoms with Gasteiger partial charge in [-0.05, 0) is 73.2 Å². The summed E-state index contributed by atoms with van der Waals surface area (Å²) in [7, 11) is 7.63. The zero-order valence-electron chi connectivity index (χ0n) is 25.9. The molecule has 0 unspecified atom stereocenters. The number of hydrogen-bond acceptors (Lipinski definition) is 8. The number of ether oxygens (including phenoxy) is 5. The number of imidazole rings is 1. The summed E-state index contributed by atoms with van der Waals surface area (Å²) in [6.07, 6.45) is 0.707. The van der Waals surface area contributed by atoms with Crippen molar-refractivity contribution in [1.82, 2.24) is 9.97 Å². The van der Waals surface area contributed by atoms with Gasteiger partial charge in [0.15, 0.2) is 11.5 Å². The molecule has 11 nitrogen and oxygen atoms in total. The fraction of sp³-hybridized carbons (Fsp3) is 0.206. The molecule has 5 rings (SSSR count). The summed E-state index contributed by atoms with van der Waals surface area (Å²) in [4.78, 5) is 34.1. The molecule has 1 aromatic heterocycles. The van der Waals surface area contributed by atoms with E-state index in [-0.39, 0.29) is 11.8 Å². The highest BCUT2D eigenvalue weighted by Crippen LogP contribution is 2.38. The minimum absolute atomic E-state index is 0.298. The number of nitrogens with one attached hydrogen (secondary N) is 3. The van der Waals surface area contributed by atoms with E-state index in [2.05, 4.69) is 15.6 Å². The smallest absolute Gasteiger partial charge is 0.255 e. The van der Waals surface area contributed by atoms with Crippen molar-refractivity contribution in [3.05, 3.63) is 83.4 Å². The number of fused-ring (bicyclic) bond motifs is 1. The zero-order valence-corrected chi connectivity index (χ0v) is 25.9. The Hall–Kier alpha value is -5.71. The first-order chi connectivity index (χ1) is 21.8. The molecule has 232 valence electrons. The van der Waals surface area contributed by atoms with Crippen LogP contribution >= 0.6 is 0 Å². The summed E-state index contributed by atoms with van der Waals surface area (Å²) in [6.45, 7) is 2.00. The molecule has 0 aliphatic heterocycles. The summed E-state index contributed by atoms with van der Waals surface area (Å²) >= 11 is 0. The van der Waals surface area contributed by atoms with E-state index in [4.69, 9.17) is 28.7 Å². The molecule has 0 spiro atoms. The molecule has 0 bridgehead atoms. The highest BCUT2D eigenvalue weighted by atomic mass is 16.5. The van der Waals surface area contributed by atoms with Crippen LogP contribution in [0.4, 0.5) is 11.4 Å². The van der Waals surface area contributed by atoms with Crippen LogP contribution in [-0.2, 0) is 6.42 Å². The molecule has 0 saturated heterocycles. The average molecular weight is 611 g/mol. The van der Waals surface area contributed by atoms with Gasteiger partial charge < -0.3 is 39.3 Å². The zero-order chi connectivity index (χ0) is 32.1. The summed E-state index contributed by atoms with van der Waals surface area (Å²) in [5, 5.41) is 5.82. The van der Waals surface area contributed by atoms with E-state index >= 15 is 0 Å². The number of H-pyrrole nitrogens is 1. The number of benzene rings is 4. The molecule has 45 heavy (non-hydrogen) atoms. The van der Waals surface area contributed by atoms with Gasteiger partial charge in [-0.1, -0.05) is 6.92 Å². The molecule has 5 aromatic rings. The van der Waals surface area contributed by atoms with Crippen molar-refractivity contribution in [2.24, 2.45) is 0 Å². The van der Waals surface area contributed by atoms with Crippen LogP contribution in [0.15, 0.2) is 66.7 Å². The molecule has 0 fully saturated rings. The van der Waals surface area contributed by atoms with Crippen molar-refractivity contribution in [2.75, 3.05) is 46.2 Å². The number of hydrogen-bond donors (Lipinski definition) is 3. The molecule has 1 heterocycles. The number of aromatic amines is 1. The van der Waals surface area contributed by atoms with Crippen LogP contribution in [0.5, 0.6) is 28.7 Å². The SMILES string of the molecule is CCc1c(OC)cc(C(=O)Nc2ccc3[nH]c(-c4ccc(NC(=O)c5cc(OC)c(OC)c(OC)c5)cc4)nc3c2)cc1OC. The second kappa shape index (κ2) is 13.3. The number of nitrogens with zero attached hydrogens (tertiary/aromatic N) is 1. The lowest BCUT2D eigenvalue weighted by molar-refractivity contribution is 0.101. The van der Waals surface area contributed by atoms with Crippen molar-refractivity contribution in [1.29, 1.82) is 0 Å². The highest BCUT2D eigenvalue weighted by Gasteiger charge is 2.18. The Morgan fingerprint density at radius 3 is 1.69 bits per heavy atom. The fourth-order valence-corrected chi connectivity index (χ4v) is 5.01. The molecule has 11 heteroatoms. The van der Waals surface area contributed by atoms with E-state index in [1.807, 2.05) is 25.1 Å². The van der Waals surface area contributed by atoms with Crippen LogP contribution in [-0.4, -0.2) is 57.3 Å². The van der Waals surface area contributed by atoms with Gasteiger partial charge in [-0.15, -0.1) is 0 Å².